The third-order valence-electron chi connectivity index (χ3n) is 11.4. The van der Waals surface area contributed by atoms with Crippen molar-refractivity contribution in [2.24, 2.45) is 0 Å². The second kappa shape index (κ2) is 21.6. The summed E-state index contributed by atoms with van der Waals surface area (Å²) in [7, 11) is 0. The Bertz CT molecular complexity index is 2210. The smallest absolute Gasteiger partial charge is 0.270 e. The molecule has 4 aliphatic rings. The number of carbonyl (C=O) groups excluding carboxylic acids is 2. The lowest BCUT2D eigenvalue weighted by Crippen LogP contribution is -2.29. The number of likely N-dealkylation sites (tertiary alicyclic amines) is 1. The van der Waals surface area contributed by atoms with Crippen molar-refractivity contribution in [1.29, 1.82) is 10.8 Å². The number of nitrogens with zero attached hydrogens (tertiary/aromatic N) is 5. The molecule has 0 atom stereocenters. The maximum atomic E-state index is 13.1. The fraction of sp³-hybridized carbons (Fsp3) is 0.532. The fourth-order valence-corrected chi connectivity index (χ4v) is 7.80. The van der Waals surface area contributed by atoms with Crippen molar-refractivity contribution < 1.29 is 28.5 Å². The SMILES string of the molecule is CC.CC(C)n1cc(C(=N)c2c(N)ccnc2OC2CCOCC2)cc1C(=O)N1CCCC1.CC(C)n1cc(C(=N)c2c(N)ccnc2OC2CCOCC2)cc1C(=O)NC1CC1. The maximum Gasteiger partial charge on any atom is 0.270 e. The van der Waals surface area contributed by atoms with Crippen molar-refractivity contribution in [3.8, 4) is 11.8 Å². The minimum absolute atomic E-state index is 0.0119. The van der Waals surface area contributed by atoms with E-state index in [1.165, 1.54) is 0 Å². The van der Waals surface area contributed by atoms with Crippen molar-refractivity contribution in [2.75, 3.05) is 51.0 Å². The van der Waals surface area contributed by atoms with Gasteiger partial charge >= 0.3 is 0 Å². The summed E-state index contributed by atoms with van der Waals surface area (Å²) in [6, 6.07) is 7.34. The molecular weight excluding hydrogens is 801 g/mol. The Kier molecular flexibility index (Phi) is 16.0. The van der Waals surface area contributed by atoms with Crippen LogP contribution in [0.1, 0.15) is 148 Å². The van der Waals surface area contributed by atoms with Crippen molar-refractivity contribution in [3.05, 3.63) is 82.7 Å². The molecular formula is C47H66N10O6. The number of carbonyl (C=O) groups is 2. The molecule has 0 spiro atoms. The van der Waals surface area contributed by atoms with Crippen molar-refractivity contribution in [3.63, 3.8) is 0 Å². The van der Waals surface area contributed by atoms with E-state index in [0.29, 0.717) is 83.2 Å². The Balaban J connectivity index is 0.000000202. The molecule has 0 aromatic carbocycles. The zero-order valence-corrected chi connectivity index (χ0v) is 37.7. The van der Waals surface area contributed by atoms with Crippen LogP contribution in [0.4, 0.5) is 11.4 Å². The third-order valence-corrected chi connectivity index (χ3v) is 11.4. The van der Waals surface area contributed by atoms with E-state index in [1.807, 2.05) is 68.0 Å². The Morgan fingerprint density at radius 1 is 0.714 bits per heavy atom. The summed E-state index contributed by atoms with van der Waals surface area (Å²) in [5, 5.41) is 20.8. The number of hydrogen-bond donors (Lipinski definition) is 5. The Labute approximate surface area is 371 Å². The molecule has 2 amide bonds. The van der Waals surface area contributed by atoms with E-state index in [4.69, 9.17) is 41.2 Å². The van der Waals surface area contributed by atoms with Crippen LogP contribution in [0.2, 0.25) is 0 Å². The second-order valence-corrected chi connectivity index (χ2v) is 16.7. The van der Waals surface area contributed by atoms with Gasteiger partial charge in [-0.1, -0.05) is 13.8 Å². The Hall–Kier alpha value is -5.74. The number of nitrogen functional groups attached to an aromatic ring is 2. The van der Waals surface area contributed by atoms with Gasteiger partial charge in [-0.3, -0.25) is 20.4 Å². The first kappa shape index (κ1) is 46.8. The van der Waals surface area contributed by atoms with Crippen LogP contribution in [-0.4, -0.2) is 105 Å². The van der Waals surface area contributed by atoms with E-state index in [9.17, 15) is 9.59 Å². The first-order chi connectivity index (χ1) is 30.4. The molecule has 4 aromatic heterocycles. The molecule has 0 radical (unpaired) electrons. The van der Waals surface area contributed by atoms with E-state index < -0.39 is 0 Å². The van der Waals surface area contributed by atoms with Gasteiger partial charge in [0.1, 0.15) is 23.6 Å². The predicted molar refractivity (Wildman–Crippen MR) is 245 cm³/mol. The molecule has 8 rings (SSSR count). The van der Waals surface area contributed by atoms with Crippen molar-refractivity contribution in [2.45, 2.75) is 123 Å². The fourth-order valence-electron chi connectivity index (χ4n) is 7.80. The van der Waals surface area contributed by atoms with Gasteiger partial charge in [-0.2, -0.15) is 0 Å². The first-order valence-corrected chi connectivity index (χ1v) is 22.6. The lowest BCUT2D eigenvalue weighted by molar-refractivity contribution is 0.0234. The molecule has 63 heavy (non-hydrogen) atoms. The largest absolute Gasteiger partial charge is 0.474 e. The van der Waals surface area contributed by atoms with Crippen LogP contribution in [0.25, 0.3) is 0 Å². The van der Waals surface area contributed by atoms with Crippen LogP contribution in [0.3, 0.4) is 0 Å². The average molecular weight is 867 g/mol. The standard InChI is InChI=1S/C23H31N5O3.C22H29N5O3.C2H6/c1-15(2)28-14-16(13-19(28)23(29)27-9-3-4-10-27)21(25)20-18(24)5-8-26-22(20)31-17-6-11-30-12-7-17;1-13(2)27-12-14(11-18(27)21(28)26-15-3-4-15)20(24)19-17(23)5-8-25-22(19)30-16-6-9-29-10-7-16;1-2/h5,8,13-15,17,25H,3-4,6-7,9-12H2,1-2H3,(H2,24,26);5,8,11-13,15-16,24H,3-4,6-7,9-10H2,1-2H3,(H2,23,25)(H,26,28);1-2H3. The summed E-state index contributed by atoms with van der Waals surface area (Å²) < 4.78 is 26.9. The van der Waals surface area contributed by atoms with Gasteiger partial charge in [-0.05, 0) is 77.6 Å². The molecule has 0 bridgehead atoms. The van der Waals surface area contributed by atoms with Gasteiger partial charge in [0, 0.05) is 104 Å². The summed E-state index contributed by atoms with van der Waals surface area (Å²) in [5.74, 6) is 0.626. The van der Waals surface area contributed by atoms with E-state index in [0.717, 1.165) is 64.5 Å². The molecule has 1 aliphatic carbocycles. The van der Waals surface area contributed by atoms with Crippen molar-refractivity contribution >= 4 is 34.6 Å². The molecule has 4 fully saturated rings. The van der Waals surface area contributed by atoms with Crippen LogP contribution in [0.5, 0.6) is 11.8 Å². The Morgan fingerprint density at radius 3 is 1.57 bits per heavy atom. The van der Waals surface area contributed by atoms with Crippen LogP contribution < -0.4 is 26.3 Å². The summed E-state index contributed by atoms with van der Waals surface area (Å²) >= 11 is 0. The average Bonchev–Trinajstić information content (AvgIpc) is 3.64. The first-order valence-electron chi connectivity index (χ1n) is 22.6. The molecule has 340 valence electrons. The maximum absolute atomic E-state index is 13.1. The Morgan fingerprint density at radius 2 is 1.14 bits per heavy atom. The minimum atomic E-state index is -0.108. The number of nitrogens with one attached hydrogen (secondary N) is 3. The van der Waals surface area contributed by atoms with Gasteiger partial charge in [0.15, 0.2) is 0 Å². The molecule has 4 aromatic rings. The third kappa shape index (κ3) is 11.5. The molecule has 0 unspecified atom stereocenters. The zero-order valence-electron chi connectivity index (χ0n) is 37.7. The van der Waals surface area contributed by atoms with Crippen LogP contribution in [-0.2, 0) is 9.47 Å². The van der Waals surface area contributed by atoms with E-state index in [2.05, 4.69) is 15.3 Å². The highest BCUT2D eigenvalue weighted by Crippen LogP contribution is 2.31. The topological polar surface area (TPSA) is 222 Å². The van der Waals surface area contributed by atoms with Gasteiger partial charge in [0.2, 0.25) is 11.8 Å². The van der Waals surface area contributed by atoms with E-state index >= 15 is 0 Å². The predicted octanol–water partition coefficient (Wildman–Crippen LogP) is 7.19. The summed E-state index contributed by atoms with van der Waals surface area (Å²) in [6.45, 7) is 16.3. The number of rotatable bonds is 13. The van der Waals surface area contributed by atoms with Crippen LogP contribution >= 0.6 is 0 Å². The lowest BCUT2D eigenvalue weighted by atomic mass is 10.0. The number of amides is 2. The molecule has 3 saturated heterocycles. The molecule has 3 aliphatic heterocycles. The van der Waals surface area contributed by atoms with Gasteiger partial charge in [0.25, 0.3) is 11.8 Å². The van der Waals surface area contributed by atoms with Crippen LogP contribution in [0, 0.1) is 10.8 Å². The van der Waals surface area contributed by atoms with Gasteiger partial charge < -0.3 is 49.8 Å². The van der Waals surface area contributed by atoms with Crippen LogP contribution in [0.15, 0.2) is 49.1 Å². The molecule has 16 nitrogen and oxygen atoms in total. The highest BCUT2D eigenvalue weighted by atomic mass is 16.5. The number of ether oxygens (including phenoxy) is 4. The summed E-state index contributed by atoms with van der Waals surface area (Å²) in [4.78, 5) is 36.4. The summed E-state index contributed by atoms with van der Waals surface area (Å²) in [6.07, 6.45) is 14.1. The zero-order chi connectivity index (χ0) is 45.2. The quantitative estimate of drug-likeness (QED) is 0.0851. The molecule has 1 saturated carbocycles. The van der Waals surface area contributed by atoms with E-state index in [1.54, 1.807) is 36.7 Å². The van der Waals surface area contributed by atoms with Crippen molar-refractivity contribution in [1.82, 2.24) is 29.3 Å². The lowest BCUT2D eigenvalue weighted by Gasteiger charge is -2.24. The molecule has 7 N–H and O–H groups in total. The summed E-state index contributed by atoms with van der Waals surface area (Å²) in [5.41, 5.74) is 17.1. The van der Waals surface area contributed by atoms with E-state index in [-0.39, 0.29) is 53.6 Å². The van der Waals surface area contributed by atoms with Gasteiger partial charge in [0.05, 0.1) is 49.0 Å². The highest BCUT2D eigenvalue weighted by molar-refractivity contribution is 6.17. The van der Waals surface area contributed by atoms with Gasteiger partial charge in [-0.15, -0.1) is 0 Å². The number of pyridine rings is 2. The minimum Gasteiger partial charge on any atom is -0.474 e. The highest BCUT2D eigenvalue weighted by Gasteiger charge is 2.30. The molecule has 16 heteroatoms. The number of anilines is 2. The number of nitrogens with two attached hydrogens (primary N) is 2. The second-order valence-electron chi connectivity index (χ2n) is 16.7. The number of hydrogen-bond acceptors (Lipinski definition) is 12. The normalized spacial score (nSPS) is 16.8. The molecule has 7 heterocycles. The number of aromatic nitrogens is 4. The monoisotopic (exact) mass is 867 g/mol. The van der Waals surface area contributed by atoms with Gasteiger partial charge in [-0.25, -0.2) is 9.97 Å².